The average molecular weight is 321 g/mol. The summed E-state index contributed by atoms with van der Waals surface area (Å²) in [4.78, 5) is 0. The number of fused-ring (bicyclic) bond motifs is 2. The minimum absolute atomic E-state index is 1.03. The van der Waals surface area contributed by atoms with E-state index in [1.165, 1.54) is 33.0 Å². The zero-order chi connectivity index (χ0) is 13.5. The van der Waals surface area contributed by atoms with Gasteiger partial charge in [0.05, 0.1) is 0 Å². The minimum Gasteiger partial charge on any atom is -0.0619 e. The fourth-order valence-corrected chi connectivity index (χ4v) is 3.50. The van der Waals surface area contributed by atoms with E-state index in [0.29, 0.717) is 0 Å². The van der Waals surface area contributed by atoms with Crippen LogP contribution >= 0.6 is 15.9 Å². The first-order valence-electron chi connectivity index (χ1n) is 6.79. The number of hydrogen-bond donors (Lipinski definition) is 0. The van der Waals surface area contributed by atoms with E-state index in [1.807, 2.05) is 0 Å². The maximum absolute atomic E-state index is 3.65. The lowest BCUT2D eigenvalue weighted by molar-refractivity contribution is 1.32. The number of allylic oxidation sites excluding steroid dienone is 1. The van der Waals surface area contributed by atoms with Crippen molar-refractivity contribution < 1.29 is 0 Å². The zero-order valence-electron chi connectivity index (χ0n) is 10.9. The monoisotopic (exact) mass is 320 g/mol. The van der Waals surface area contributed by atoms with Crippen LogP contribution in [0.5, 0.6) is 0 Å². The molecule has 3 aromatic carbocycles. The molecule has 3 aromatic rings. The Labute approximate surface area is 126 Å². The molecule has 1 heteroatoms. The van der Waals surface area contributed by atoms with E-state index >= 15 is 0 Å². The quantitative estimate of drug-likeness (QED) is 0.539. The van der Waals surface area contributed by atoms with E-state index in [0.717, 1.165) is 10.9 Å². The Kier molecular flexibility index (Phi) is 2.75. The van der Waals surface area contributed by atoms with Gasteiger partial charge in [0.1, 0.15) is 0 Å². The first kappa shape index (κ1) is 11.9. The predicted molar refractivity (Wildman–Crippen MR) is 89.7 cm³/mol. The largest absolute Gasteiger partial charge is 0.0619 e. The maximum Gasteiger partial charge on any atom is 0.0253 e. The first-order chi connectivity index (χ1) is 9.83. The summed E-state index contributed by atoms with van der Waals surface area (Å²) in [5, 5.41) is 2.60. The number of rotatable bonds is 1. The zero-order valence-corrected chi connectivity index (χ0v) is 12.5. The molecule has 1 aliphatic carbocycles. The molecule has 4 rings (SSSR count). The predicted octanol–water partition coefficient (Wildman–Crippen LogP) is 5.70. The van der Waals surface area contributed by atoms with E-state index < -0.39 is 0 Å². The highest BCUT2D eigenvalue weighted by Gasteiger charge is 2.15. The molecule has 0 amide bonds. The Hall–Kier alpha value is -1.86. The summed E-state index contributed by atoms with van der Waals surface area (Å²) in [6.45, 7) is 0. The summed E-state index contributed by atoms with van der Waals surface area (Å²) in [6, 6.07) is 21.6. The van der Waals surface area contributed by atoms with Gasteiger partial charge >= 0.3 is 0 Å². The molecule has 0 bridgehead atoms. The Morgan fingerprint density at radius 2 is 1.55 bits per heavy atom. The molecular formula is C19H13Br. The topological polar surface area (TPSA) is 0 Å². The minimum atomic E-state index is 1.03. The lowest BCUT2D eigenvalue weighted by Gasteiger charge is -2.08. The summed E-state index contributed by atoms with van der Waals surface area (Å²) in [5.41, 5.74) is 5.54. The Balaban J connectivity index is 1.92. The van der Waals surface area contributed by atoms with Gasteiger partial charge in [-0.25, -0.2) is 0 Å². The number of benzene rings is 3. The van der Waals surface area contributed by atoms with Gasteiger partial charge in [0.2, 0.25) is 0 Å². The van der Waals surface area contributed by atoms with Gasteiger partial charge < -0.3 is 0 Å². The van der Waals surface area contributed by atoms with Crippen molar-refractivity contribution in [2.24, 2.45) is 0 Å². The highest BCUT2D eigenvalue weighted by Crippen LogP contribution is 2.36. The van der Waals surface area contributed by atoms with Gasteiger partial charge in [-0.3, -0.25) is 0 Å². The van der Waals surface area contributed by atoms with E-state index in [2.05, 4.69) is 82.7 Å². The smallest absolute Gasteiger partial charge is 0.0253 e. The van der Waals surface area contributed by atoms with Gasteiger partial charge in [-0.15, -0.1) is 0 Å². The van der Waals surface area contributed by atoms with Crippen LogP contribution in [0, 0.1) is 0 Å². The lowest BCUT2D eigenvalue weighted by atomic mass is 9.97. The van der Waals surface area contributed by atoms with Crippen LogP contribution in [0.15, 0.2) is 65.1 Å². The van der Waals surface area contributed by atoms with Crippen molar-refractivity contribution in [2.45, 2.75) is 6.42 Å². The fourth-order valence-electron chi connectivity index (χ4n) is 3.00. The van der Waals surface area contributed by atoms with Crippen LogP contribution in [0.3, 0.4) is 0 Å². The van der Waals surface area contributed by atoms with Crippen LogP contribution in [0.1, 0.15) is 16.7 Å². The van der Waals surface area contributed by atoms with E-state index in [4.69, 9.17) is 0 Å². The van der Waals surface area contributed by atoms with Crippen molar-refractivity contribution in [2.75, 3.05) is 0 Å². The second-order valence-corrected chi connectivity index (χ2v) is 6.04. The van der Waals surface area contributed by atoms with E-state index in [9.17, 15) is 0 Å². The second kappa shape index (κ2) is 4.60. The molecule has 0 saturated heterocycles. The summed E-state index contributed by atoms with van der Waals surface area (Å²) in [7, 11) is 0. The van der Waals surface area contributed by atoms with Crippen molar-refractivity contribution in [1.82, 2.24) is 0 Å². The third-order valence-corrected chi connectivity index (χ3v) is 4.67. The molecular weight excluding hydrogens is 308 g/mol. The Bertz CT molecular complexity index is 843. The van der Waals surface area contributed by atoms with Crippen molar-refractivity contribution in [3.8, 4) is 0 Å². The van der Waals surface area contributed by atoms with Crippen molar-refractivity contribution >= 4 is 38.4 Å². The molecule has 0 nitrogen and oxygen atoms in total. The summed E-state index contributed by atoms with van der Waals surface area (Å²) < 4.78 is 1.16. The molecule has 0 radical (unpaired) electrons. The van der Waals surface area contributed by atoms with Gasteiger partial charge in [0, 0.05) is 4.47 Å². The third kappa shape index (κ3) is 1.82. The molecule has 0 saturated carbocycles. The van der Waals surface area contributed by atoms with Crippen molar-refractivity contribution in [1.29, 1.82) is 0 Å². The fraction of sp³-hybridized carbons (Fsp3) is 0.0526. The van der Waals surface area contributed by atoms with Crippen LogP contribution in [-0.4, -0.2) is 0 Å². The molecule has 0 N–H and O–H groups in total. The highest BCUT2D eigenvalue weighted by atomic mass is 79.9. The summed E-state index contributed by atoms with van der Waals surface area (Å²) in [6.07, 6.45) is 3.35. The third-order valence-electron chi connectivity index (χ3n) is 3.98. The van der Waals surface area contributed by atoms with E-state index in [-0.39, 0.29) is 0 Å². The van der Waals surface area contributed by atoms with Crippen molar-refractivity contribution in [3.63, 3.8) is 0 Å². The standard InChI is InChI=1S/C19H13Br/c20-19-10-4-8-17-16(7-3-9-18(17)19)15-11-13-5-1-2-6-14(13)12-15/h1-11H,12H2. The molecule has 0 unspecified atom stereocenters. The van der Waals surface area contributed by atoms with Gasteiger partial charge in [-0.05, 0) is 45.5 Å². The molecule has 20 heavy (non-hydrogen) atoms. The second-order valence-electron chi connectivity index (χ2n) is 5.19. The van der Waals surface area contributed by atoms with E-state index in [1.54, 1.807) is 0 Å². The normalized spacial score (nSPS) is 13.3. The van der Waals surface area contributed by atoms with Gasteiger partial charge in [0.25, 0.3) is 0 Å². The molecule has 0 aliphatic heterocycles. The van der Waals surface area contributed by atoms with Crippen LogP contribution in [-0.2, 0) is 6.42 Å². The van der Waals surface area contributed by atoms with Gasteiger partial charge in [-0.2, -0.15) is 0 Å². The molecule has 0 fully saturated rings. The molecule has 0 heterocycles. The van der Waals surface area contributed by atoms with Crippen LogP contribution < -0.4 is 0 Å². The summed E-state index contributed by atoms with van der Waals surface area (Å²) >= 11 is 3.65. The van der Waals surface area contributed by atoms with Crippen LogP contribution in [0.4, 0.5) is 0 Å². The molecule has 0 atom stereocenters. The lowest BCUT2D eigenvalue weighted by Crippen LogP contribution is -1.88. The maximum atomic E-state index is 3.65. The van der Waals surface area contributed by atoms with Crippen LogP contribution in [0.25, 0.3) is 22.4 Å². The molecule has 0 spiro atoms. The Morgan fingerprint density at radius 1 is 0.750 bits per heavy atom. The highest BCUT2D eigenvalue weighted by molar-refractivity contribution is 9.10. The molecule has 96 valence electrons. The van der Waals surface area contributed by atoms with Crippen LogP contribution in [0.2, 0.25) is 0 Å². The Morgan fingerprint density at radius 3 is 2.45 bits per heavy atom. The van der Waals surface area contributed by atoms with Gasteiger partial charge in [0.15, 0.2) is 0 Å². The summed E-state index contributed by atoms with van der Waals surface area (Å²) in [5.74, 6) is 0. The number of halogens is 1. The SMILES string of the molecule is Brc1cccc2c(C3=Cc4ccccc4C3)cccc12. The molecule has 1 aliphatic rings. The van der Waals surface area contributed by atoms with Gasteiger partial charge in [-0.1, -0.05) is 76.6 Å². The van der Waals surface area contributed by atoms with Crippen molar-refractivity contribution in [3.05, 3.63) is 81.8 Å². The first-order valence-corrected chi connectivity index (χ1v) is 7.58. The number of hydrogen-bond acceptors (Lipinski definition) is 0. The average Bonchev–Trinajstić information content (AvgIpc) is 2.91. The molecule has 0 aromatic heterocycles.